The Hall–Kier alpha value is -2.12. The quantitative estimate of drug-likeness (QED) is 0.281. The average Bonchev–Trinajstić information content (AvgIpc) is 2.74. The molecule has 0 aliphatic rings. The number of nitrogens with one attached hydrogen (secondary N) is 1. The molecule has 0 amide bonds. The van der Waals surface area contributed by atoms with Crippen LogP contribution in [0, 0.1) is 0 Å². The van der Waals surface area contributed by atoms with Crippen LogP contribution in [0.2, 0.25) is 15.1 Å². The Morgan fingerprint density at radius 3 is 2.31 bits per heavy atom. The molecule has 0 fully saturated rings. The van der Waals surface area contributed by atoms with Crippen LogP contribution in [0.5, 0.6) is 11.5 Å². The summed E-state index contributed by atoms with van der Waals surface area (Å²) in [7, 11) is 0. The zero-order valence-electron chi connectivity index (χ0n) is 16.9. The van der Waals surface area contributed by atoms with Gasteiger partial charge in [0.25, 0.3) is 0 Å². The van der Waals surface area contributed by atoms with Gasteiger partial charge in [-0.15, -0.1) is 0 Å². The molecule has 0 atom stereocenters. The van der Waals surface area contributed by atoms with Gasteiger partial charge >= 0.3 is 5.97 Å². The van der Waals surface area contributed by atoms with Gasteiger partial charge in [0.15, 0.2) is 11.5 Å². The topological polar surface area (TPSA) is 67.8 Å². The number of hydrogen-bond donors (Lipinski definition) is 2. The van der Waals surface area contributed by atoms with Gasteiger partial charge in [-0.1, -0.05) is 56.8 Å². The second-order valence-corrected chi connectivity index (χ2v) is 8.74. The molecule has 0 saturated heterocycles. The van der Waals surface area contributed by atoms with Crippen LogP contribution < -0.4 is 14.8 Å². The Morgan fingerprint density at radius 1 is 1.00 bits per heavy atom. The maximum Gasteiger partial charge on any atom is 0.337 e. The fraction of sp³-hybridized carbons (Fsp3) is 0.174. The monoisotopic (exact) mass is 557 g/mol. The lowest BCUT2D eigenvalue weighted by Gasteiger charge is -2.17. The molecule has 0 bridgehead atoms. The number of hydrogen-bond acceptors (Lipinski definition) is 4. The maximum absolute atomic E-state index is 11.1. The fourth-order valence-corrected chi connectivity index (χ4v) is 4.14. The van der Waals surface area contributed by atoms with E-state index < -0.39 is 5.97 Å². The fourth-order valence-electron chi connectivity index (χ4n) is 2.91. The molecule has 3 aromatic carbocycles. The molecule has 0 aliphatic heterocycles. The van der Waals surface area contributed by atoms with Crippen molar-refractivity contribution in [2.45, 2.75) is 20.1 Å². The summed E-state index contributed by atoms with van der Waals surface area (Å²) in [5, 5.41) is 13.6. The van der Waals surface area contributed by atoms with Gasteiger partial charge in [0.05, 0.1) is 17.2 Å². The number of carboxylic acid groups (broad SMARTS) is 1. The van der Waals surface area contributed by atoms with Crippen LogP contribution in [0.3, 0.4) is 0 Å². The first kappa shape index (κ1) is 24.5. The number of benzene rings is 3. The highest BCUT2D eigenvalue weighted by atomic mass is 79.9. The predicted molar refractivity (Wildman–Crippen MR) is 132 cm³/mol. The molecule has 9 heteroatoms. The first-order chi connectivity index (χ1) is 15.3. The molecule has 0 aliphatic carbocycles. The molecule has 3 aromatic rings. The van der Waals surface area contributed by atoms with Crippen molar-refractivity contribution in [3.05, 3.63) is 84.8 Å². The molecule has 0 radical (unpaired) electrons. The second-order valence-electron chi connectivity index (χ2n) is 6.67. The Bertz CT molecular complexity index is 1120. The highest BCUT2D eigenvalue weighted by Gasteiger charge is 2.14. The number of anilines is 1. The Kier molecular flexibility index (Phi) is 8.54. The van der Waals surface area contributed by atoms with Gasteiger partial charge in [0, 0.05) is 32.3 Å². The molecule has 0 saturated carbocycles. The smallest absolute Gasteiger partial charge is 0.337 e. The summed E-state index contributed by atoms with van der Waals surface area (Å²) in [6, 6.07) is 13.7. The first-order valence-corrected chi connectivity index (χ1v) is 11.5. The molecule has 2 N–H and O–H groups in total. The highest BCUT2D eigenvalue weighted by Crippen LogP contribution is 2.36. The predicted octanol–water partition coefficient (Wildman–Crippen LogP) is 7.70. The van der Waals surface area contributed by atoms with Gasteiger partial charge in [-0.3, -0.25) is 0 Å². The molecule has 168 valence electrons. The van der Waals surface area contributed by atoms with Crippen LogP contribution >= 0.6 is 50.7 Å². The number of carboxylic acids is 1. The summed E-state index contributed by atoms with van der Waals surface area (Å²) in [6.45, 7) is 2.99. The summed E-state index contributed by atoms with van der Waals surface area (Å²) in [5.41, 5.74) is 2.35. The normalized spacial score (nSPS) is 10.7. The van der Waals surface area contributed by atoms with Crippen LogP contribution in [-0.4, -0.2) is 17.7 Å². The second kappa shape index (κ2) is 11.1. The standard InChI is InChI=1S/C23H19BrCl3NO4/c1-2-31-21-8-13(11-28-14-6-7-15(23(29)30)20(27)9-14)17(24)10-22(21)32-12-16-18(25)4-3-5-19(16)26/h3-10,28H,2,11-12H2,1H3,(H,29,30). The third-order valence-electron chi connectivity index (χ3n) is 4.53. The molecular weight excluding hydrogens is 541 g/mol. The van der Waals surface area contributed by atoms with E-state index in [1.54, 1.807) is 30.3 Å². The zero-order valence-corrected chi connectivity index (χ0v) is 20.8. The van der Waals surface area contributed by atoms with Crippen molar-refractivity contribution in [2.24, 2.45) is 0 Å². The van der Waals surface area contributed by atoms with E-state index in [0.29, 0.717) is 45.9 Å². The van der Waals surface area contributed by atoms with E-state index >= 15 is 0 Å². The van der Waals surface area contributed by atoms with Crippen molar-refractivity contribution < 1.29 is 19.4 Å². The van der Waals surface area contributed by atoms with E-state index in [0.717, 1.165) is 10.0 Å². The van der Waals surface area contributed by atoms with Crippen LogP contribution in [0.25, 0.3) is 0 Å². The number of halogens is 4. The number of rotatable bonds is 9. The van der Waals surface area contributed by atoms with Gasteiger partial charge in [-0.2, -0.15) is 0 Å². The van der Waals surface area contributed by atoms with Crippen LogP contribution in [0.1, 0.15) is 28.4 Å². The van der Waals surface area contributed by atoms with Crippen molar-refractivity contribution in [1.29, 1.82) is 0 Å². The summed E-state index contributed by atoms with van der Waals surface area (Å²) in [6.07, 6.45) is 0. The average molecular weight is 560 g/mol. The lowest BCUT2D eigenvalue weighted by atomic mass is 10.1. The highest BCUT2D eigenvalue weighted by molar-refractivity contribution is 9.10. The molecule has 0 aromatic heterocycles. The minimum absolute atomic E-state index is 0.0529. The van der Waals surface area contributed by atoms with E-state index in [-0.39, 0.29) is 17.2 Å². The third kappa shape index (κ3) is 6.01. The van der Waals surface area contributed by atoms with Gasteiger partial charge in [0.2, 0.25) is 0 Å². The largest absolute Gasteiger partial charge is 0.490 e. The van der Waals surface area contributed by atoms with Gasteiger partial charge in [-0.25, -0.2) is 4.79 Å². The van der Waals surface area contributed by atoms with Gasteiger partial charge in [-0.05, 0) is 55.0 Å². The Morgan fingerprint density at radius 2 is 1.69 bits per heavy atom. The van der Waals surface area contributed by atoms with Gasteiger partial charge in [0.1, 0.15) is 6.61 Å². The van der Waals surface area contributed by atoms with Crippen molar-refractivity contribution in [1.82, 2.24) is 0 Å². The number of carbonyl (C=O) groups is 1. The van der Waals surface area contributed by atoms with Crippen LogP contribution in [0.15, 0.2) is 53.0 Å². The maximum atomic E-state index is 11.1. The lowest BCUT2D eigenvalue weighted by Crippen LogP contribution is -2.05. The SMILES string of the molecule is CCOc1cc(CNc2ccc(C(=O)O)c(Cl)c2)c(Br)cc1OCc1c(Cl)cccc1Cl. The molecule has 0 spiro atoms. The van der Waals surface area contributed by atoms with Crippen molar-refractivity contribution in [3.63, 3.8) is 0 Å². The summed E-state index contributed by atoms with van der Waals surface area (Å²) >= 11 is 22.1. The van der Waals surface area contributed by atoms with E-state index in [2.05, 4.69) is 21.2 Å². The molecular formula is C23H19BrCl3NO4. The van der Waals surface area contributed by atoms with Gasteiger partial charge < -0.3 is 19.9 Å². The van der Waals surface area contributed by atoms with Crippen molar-refractivity contribution in [3.8, 4) is 11.5 Å². The van der Waals surface area contributed by atoms with Crippen LogP contribution in [-0.2, 0) is 13.2 Å². The minimum atomic E-state index is -1.07. The third-order valence-corrected chi connectivity index (χ3v) is 6.29. The van der Waals surface area contributed by atoms with E-state index in [1.165, 1.54) is 6.07 Å². The Balaban J connectivity index is 1.77. The molecule has 32 heavy (non-hydrogen) atoms. The van der Waals surface area contributed by atoms with E-state index in [4.69, 9.17) is 49.4 Å². The van der Waals surface area contributed by atoms with Crippen molar-refractivity contribution in [2.75, 3.05) is 11.9 Å². The Labute approximate surface area is 209 Å². The minimum Gasteiger partial charge on any atom is -0.490 e. The zero-order chi connectivity index (χ0) is 23.3. The molecule has 3 rings (SSSR count). The molecule has 5 nitrogen and oxygen atoms in total. The van der Waals surface area contributed by atoms with E-state index in [9.17, 15) is 4.79 Å². The summed E-state index contributed by atoms with van der Waals surface area (Å²) < 4.78 is 12.5. The summed E-state index contributed by atoms with van der Waals surface area (Å²) in [5.74, 6) is 0.0570. The molecule has 0 heterocycles. The number of ether oxygens (including phenoxy) is 2. The first-order valence-electron chi connectivity index (χ1n) is 9.57. The van der Waals surface area contributed by atoms with Crippen molar-refractivity contribution >= 4 is 62.4 Å². The lowest BCUT2D eigenvalue weighted by molar-refractivity contribution is 0.0697. The number of aromatic carboxylic acids is 1. The van der Waals surface area contributed by atoms with Crippen LogP contribution in [0.4, 0.5) is 5.69 Å². The van der Waals surface area contributed by atoms with E-state index in [1.807, 2.05) is 19.1 Å². The summed E-state index contributed by atoms with van der Waals surface area (Å²) in [4.78, 5) is 11.1. The molecule has 0 unspecified atom stereocenters.